The van der Waals surface area contributed by atoms with Gasteiger partial charge >= 0.3 is 0 Å². The number of hydrogen-bond acceptors (Lipinski definition) is 6. The molecule has 0 aliphatic rings. The van der Waals surface area contributed by atoms with Crippen molar-refractivity contribution >= 4 is 22.2 Å². The molecule has 0 atom stereocenters. The van der Waals surface area contributed by atoms with E-state index in [4.69, 9.17) is 4.74 Å². The van der Waals surface area contributed by atoms with Gasteiger partial charge in [0.25, 0.3) is 11.5 Å². The SMILES string of the molecule is COc1cc(CNC(=O)c2cnc3sccn3c2=O)ccn1. The number of rotatable bonds is 4. The van der Waals surface area contributed by atoms with Gasteiger partial charge in [0.1, 0.15) is 5.56 Å². The van der Waals surface area contributed by atoms with Gasteiger partial charge in [0.15, 0.2) is 4.96 Å². The number of amides is 1. The summed E-state index contributed by atoms with van der Waals surface area (Å²) in [6.45, 7) is 0.267. The molecule has 0 aromatic carbocycles. The molecule has 3 heterocycles. The second-order valence-corrected chi connectivity index (χ2v) is 5.29. The van der Waals surface area contributed by atoms with Crippen molar-refractivity contribution in [3.63, 3.8) is 0 Å². The number of fused-ring (bicyclic) bond motifs is 1. The molecular weight excluding hydrogens is 304 g/mol. The Balaban J connectivity index is 1.78. The predicted molar refractivity (Wildman–Crippen MR) is 81.3 cm³/mol. The predicted octanol–water partition coefficient (Wildman–Crippen LogP) is 1.09. The molecule has 7 nitrogen and oxygen atoms in total. The van der Waals surface area contributed by atoms with Crippen LogP contribution in [0.15, 0.2) is 40.9 Å². The van der Waals surface area contributed by atoms with E-state index in [2.05, 4.69) is 15.3 Å². The van der Waals surface area contributed by atoms with Gasteiger partial charge in [0.2, 0.25) is 5.88 Å². The summed E-state index contributed by atoms with van der Waals surface area (Å²) >= 11 is 1.34. The number of nitrogens with zero attached hydrogens (tertiary/aromatic N) is 3. The molecule has 0 saturated heterocycles. The van der Waals surface area contributed by atoms with E-state index in [1.54, 1.807) is 29.9 Å². The average Bonchev–Trinajstić information content (AvgIpc) is 3.03. The first-order valence-electron chi connectivity index (χ1n) is 6.41. The van der Waals surface area contributed by atoms with Gasteiger partial charge in [-0.3, -0.25) is 14.0 Å². The summed E-state index contributed by atoms with van der Waals surface area (Å²) in [7, 11) is 1.52. The van der Waals surface area contributed by atoms with Crippen molar-refractivity contribution in [2.24, 2.45) is 0 Å². The molecule has 0 radical (unpaired) electrons. The fraction of sp³-hybridized carbons (Fsp3) is 0.143. The van der Waals surface area contributed by atoms with Crippen LogP contribution in [0.4, 0.5) is 0 Å². The first-order valence-corrected chi connectivity index (χ1v) is 7.29. The Hall–Kier alpha value is -2.74. The zero-order valence-corrected chi connectivity index (χ0v) is 12.5. The molecule has 0 bridgehead atoms. The Morgan fingerprint density at radius 1 is 1.45 bits per heavy atom. The third-order valence-corrected chi connectivity index (χ3v) is 3.82. The highest BCUT2D eigenvalue weighted by Gasteiger charge is 2.13. The van der Waals surface area contributed by atoms with E-state index in [1.165, 1.54) is 29.0 Å². The molecule has 0 fully saturated rings. The Kier molecular flexibility index (Phi) is 3.84. The second-order valence-electron chi connectivity index (χ2n) is 4.42. The molecule has 0 unspecified atom stereocenters. The molecule has 0 aliphatic carbocycles. The molecule has 0 aliphatic heterocycles. The lowest BCUT2D eigenvalue weighted by molar-refractivity contribution is 0.0949. The van der Waals surface area contributed by atoms with Crippen LogP contribution in [-0.2, 0) is 6.54 Å². The highest BCUT2D eigenvalue weighted by atomic mass is 32.1. The first-order chi connectivity index (χ1) is 10.7. The average molecular weight is 316 g/mol. The van der Waals surface area contributed by atoms with Crippen molar-refractivity contribution in [2.75, 3.05) is 7.11 Å². The largest absolute Gasteiger partial charge is 0.481 e. The third kappa shape index (κ3) is 2.68. The molecular formula is C14H12N4O3S. The zero-order chi connectivity index (χ0) is 15.5. The van der Waals surface area contributed by atoms with Gasteiger partial charge in [0, 0.05) is 36.6 Å². The van der Waals surface area contributed by atoms with E-state index >= 15 is 0 Å². The van der Waals surface area contributed by atoms with E-state index in [9.17, 15) is 9.59 Å². The number of carbonyl (C=O) groups is 1. The molecule has 0 spiro atoms. The van der Waals surface area contributed by atoms with Gasteiger partial charge in [0.05, 0.1) is 7.11 Å². The van der Waals surface area contributed by atoms with Gasteiger partial charge in [-0.1, -0.05) is 0 Å². The fourth-order valence-electron chi connectivity index (χ4n) is 1.93. The van der Waals surface area contributed by atoms with Crippen LogP contribution in [0, 0.1) is 0 Å². The summed E-state index contributed by atoms with van der Waals surface area (Å²) in [5, 5.41) is 4.44. The van der Waals surface area contributed by atoms with Crippen LogP contribution in [0.3, 0.4) is 0 Å². The first kappa shape index (κ1) is 14.2. The lowest BCUT2D eigenvalue weighted by Gasteiger charge is -2.06. The normalized spacial score (nSPS) is 10.6. The molecule has 3 aromatic heterocycles. The summed E-state index contributed by atoms with van der Waals surface area (Å²) in [6, 6.07) is 3.48. The monoisotopic (exact) mass is 316 g/mol. The van der Waals surface area contributed by atoms with Crippen molar-refractivity contribution in [3.8, 4) is 5.88 Å². The van der Waals surface area contributed by atoms with Crippen LogP contribution in [0.2, 0.25) is 0 Å². The highest BCUT2D eigenvalue weighted by Crippen LogP contribution is 2.09. The van der Waals surface area contributed by atoms with Crippen molar-refractivity contribution in [1.82, 2.24) is 19.7 Å². The van der Waals surface area contributed by atoms with E-state index in [0.717, 1.165) is 5.56 Å². The van der Waals surface area contributed by atoms with Crippen molar-refractivity contribution in [2.45, 2.75) is 6.54 Å². The van der Waals surface area contributed by atoms with E-state index in [-0.39, 0.29) is 17.7 Å². The zero-order valence-electron chi connectivity index (χ0n) is 11.6. The summed E-state index contributed by atoms with van der Waals surface area (Å²) in [6.07, 6.45) is 4.49. The Labute approximate surface area is 129 Å². The quantitative estimate of drug-likeness (QED) is 0.779. The summed E-state index contributed by atoms with van der Waals surface area (Å²) < 4.78 is 6.37. The standard InChI is InChI=1S/C14H12N4O3S/c1-21-11-6-9(2-3-15-11)7-16-12(19)10-8-17-14-18(13(10)20)4-5-22-14/h2-6,8H,7H2,1H3,(H,16,19). The van der Waals surface area contributed by atoms with Crippen molar-refractivity contribution in [1.29, 1.82) is 0 Å². The number of ether oxygens (including phenoxy) is 1. The Morgan fingerprint density at radius 3 is 3.14 bits per heavy atom. The number of aromatic nitrogens is 3. The molecule has 3 aromatic rings. The maximum Gasteiger partial charge on any atom is 0.271 e. The van der Waals surface area contributed by atoms with Gasteiger partial charge in [-0.2, -0.15) is 0 Å². The van der Waals surface area contributed by atoms with E-state index in [0.29, 0.717) is 10.8 Å². The number of methoxy groups -OCH3 is 1. The maximum atomic E-state index is 12.2. The maximum absolute atomic E-state index is 12.2. The number of thiazole rings is 1. The minimum absolute atomic E-state index is 0.0110. The van der Waals surface area contributed by atoms with Gasteiger partial charge in [-0.15, -0.1) is 11.3 Å². The van der Waals surface area contributed by atoms with Crippen LogP contribution in [0.5, 0.6) is 5.88 Å². The summed E-state index contributed by atoms with van der Waals surface area (Å²) in [5.41, 5.74) is 0.456. The fourth-order valence-corrected chi connectivity index (χ4v) is 2.61. The summed E-state index contributed by atoms with van der Waals surface area (Å²) in [5.74, 6) is 0.00190. The Bertz CT molecular complexity index is 887. The minimum atomic E-state index is -0.464. The van der Waals surface area contributed by atoms with Crippen LogP contribution < -0.4 is 15.6 Å². The van der Waals surface area contributed by atoms with Crippen LogP contribution in [0.1, 0.15) is 15.9 Å². The van der Waals surface area contributed by atoms with Gasteiger partial charge in [-0.05, 0) is 11.6 Å². The van der Waals surface area contributed by atoms with Crippen LogP contribution in [-0.4, -0.2) is 27.4 Å². The molecule has 1 N–H and O–H groups in total. The van der Waals surface area contributed by atoms with Crippen LogP contribution >= 0.6 is 11.3 Å². The van der Waals surface area contributed by atoms with Crippen LogP contribution in [0.25, 0.3) is 4.96 Å². The topological polar surface area (TPSA) is 85.6 Å². The Morgan fingerprint density at radius 2 is 2.32 bits per heavy atom. The van der Waals surface area contributed by atoms with Crippen molar-refractivity contribution in [3.05, 3.63) is 57.6 Å². The van der Waals surface area contributed by atoms with Gasteiger partial charge < -0.3 is 10.1 Å². The number of nitrogens with one attached hydrogen (secondary N) is 1. The molecule has 0 saturated carbocycles. The molecule has 1 amide bonds. The molecule has 8 heteroatoms. The number of pyridine rings is 1. The lowest BCUT2D eigenvalue weighted by atomic mass is 10.2. The lowest BCUT2D eigenvalue weighted by Crippen LogP contribution is -2.30. The number of hydrogen-bond donors (Lipinski definition) is 1. The molecule has 112 valence electrons. The van der Waals surface area contributed by atoms with E-state index in [1.807, 2.05) is 0 Å². The van der Waals surface area contributed by atoms with E-state index < -0.39 is 5.91 Å². The minimum Gasteiger partial charge on any atom is -0.481 e. The second kappa shape index (κ2) is 5.94. The third-order valence-electron chi connectivity index (χ3n) is 3.05. The highest BCUT2D eigenvalue weighted by molar-refractivity contribution is 7.15. The van der Waals surface area contributed by atoms with Crippen molar-refractivity contribution < 1.29 is 9.53 Å². The molecule has 3 rings (SSSR count). The molecule has 22 heavy (non-hydrogen) atoms. The van der Waals surface area contributed by atoms with Gasteiger partial charge in [-0.25, -0.2) is 9.97 Å². The summed E-state index contributed by atoms with van der Waals surface area (Å²) in [4.78, 5) is 33.0. The smallest absolute Gasteiger partial charge is 0.271 e. The number of carbonyl (C=O) groups excluding carboxylic acids is 1.